The summed E-state index contributed by atoms with van der Waals surface area (Å²) in [6, 6.07) is 30.8. The van der Waals surface area contributed by atoms with E-state index < -0.39 is 11.2 Å². The normalized spacial score (nSPS) is 13.7. The number of rotatable bonds is 37. The molecule has 0 aliphatic heterocycles. The molecule has 0 aromatic heterocycles. The lowest BCUT2D eigenvalue weighted by atomic mass is 9.91. The molecular formula is C53H80O5S. The van der Waals surface area contributed by atoms with Gasteiger partial charge in [-0.3, -0.25) is 0 Å². The predicted molar refractivity (Wildman–Crippen MR) is 250 cm³/mol. The fraction of sp³-hybridized carbons (Fsp3) is 0.604. The maximum Gasteiger partial charge on any atom is 0.331 e. The maximum absolute atomic E-state index is 13.8. The van der Waals surface area contributed by atoms with E-state index in [1.807, 2.05) is 66.4 Å². The number of benzene rings is 3. The van der Waals surface area contributed by atoms with Gasteiger partial charge < -0.3 is 19.3 Å². The van der Waals surface area contributed by atoms with Gasteiger partial charge in [-0.2, -0.15) is 0 Å². The smallest absolute Gasteiger partial charge is 0.331 e. The maximum atomic E-state index is 13.8. The highest BCUT2D eigenvalue weighted by Gasteiger charge is 2.34. The Morgan fingerprint density at radius 2 is 1.00 bits per heavy atom. The van der Waals surface area contributed by atoms with E-state index in [0.717, 1.165) is 61.8 Å². The third-order valence-electron chi connectivity index (χ3n) is 11.3. The number of carbonyl (C=O) groups is 1. The highest BCUT2D eigenvalue weighted by atomic mass is 32.2. The molecule has 0 saturated heterocycles. The summed E-state index contributed by atoms with van der Waals surface area (Å²) < 4.78 is 19.0. The molecule has 59 heavy (non-hydrogen) atoms. The number of hydrogen-bond acceptors (Lipinski definition) is 6. The zero-order valence-corrected chi connectivity index (χ0v) is 37.9. The van der Waals surface area contributed by atoms with Gasteiger partial charge in [-0.1, -0.05) is 208 Å². The van der Waals surface area contributed by atoms with E-state index in [4.69, 9.17) is 14.2 Å². The molecule has 0 radical (unpaired) electrons. The Morgan fingerprint density at radius 1 is 0.559 bits per heavy atom. The first kappa shape index (κ1) is 50.5. The summed E-state index contributed by atoms with van der Waals surface area (Å²) in [5, 5.41) is 11.9. The first-order valence-corrected chi connectivity index (χ1v) is 24.5. The molecule has 1 N–H and O–H groups in total. The Hall–Kier alpha value is -2.90. The van der Waals surface area contributed by atoms with Gasteiger partial charge in [0.15, 0.2) is 0 Å². The van der Waals surface area contributed by atoms with Crippen LogP contribution in [0.15, 0.2) is 108 Å². The first-order valence-electron chi connectivity index (χ1n) is 23.5. The standard InChI is InChI=1S/C53H80O5S/c1-3-5-7-9-11-13-15-17-28-39-52(55,46-56-44-48-32-22-19-23-33-48)40-30-38-51(54)58-53(47-57-45-49-34-24-20-25-35-49,41-29-18-16-14-12-10-8-6-4-2)42-31-43-59-50-36-26-21-27-37-50/h19-27,30,32-38,55H,3-18,28-29,31,39-47H2,1-2H3/b38-30+/t52-,53+/m0/s1. The number of aliphatic hydroxyl groups is 1. The van der Waals surface area contributed by atoms with E-state index in [2.05, 4.69) is 50.2 Å². The summed E-state index contributed by atoms with van der Waals surface area (Å²) in [4.78, 5) is 15.1. The second-order valence-electron chi connectivity index (χ2n) is 16.8. The van der Waals surface area contributed by atoms with E-state index in [9.17, 15) is 9.90 Å². The van der Waals surface area contributed by atoms with E-state index in [1.165, 1.54) is 94.8 Å². The van der Waals surface area contributed by atoms with Gasteiger partial charge in [-0.05, 0) is 67.5 Å². The Morgan fingerprint density at radius 3 is 1.53 bits per heavy atom. The molecule has 2 atom stereocenters. The van der Waals surface area contributed by atoms with Gasteiger partial charge in [0.25, 0.3) is 0 Å². The van der Waals surface area contributed by atoms with Crippen LogP contribution in [0.25, 0.3) is 0 Å². The summed E-state index contributed by atoms with van der Waals surface area (Å²) in [5.74, 6) is 0.570. The van der Waals surface area contributed by atoms with E-state index in [0.29, 0.717) is 32.7 Å². The average Bonchev–Trinajstić information content (AvgIpc) is 3.25. The molecule has 328 valence electrons. The first-order chi connectivity index (χ1) is 29.0. The van der Waals surface area contributed by atoms with Gasteiger partial charge in [0.1, 0.15) is 5.60 Å². The number of esters is 1. The third-order valence-corrected chi connectivity index (χ3v) is 12.4. The molecule has 0 spiro atoms. The molecule has 0 fully saturated rings. The third kappa shape index (κ3) is 24.8. The molecule has 0 bridgehead atoms. The van der Waals surface area contributed by atoms with Crippen LogP contribution in [0.3, 0.4) is 0 Å². The van der Waals surface area contributed by atoms with Crippen molar-refractivity contribution in [2.45, 2.75) is 191 Å². The molecule has 3 aromatic rings. The summed E-state index contributed by atoms with van der Waals surface area (Å²) in [6.45, 7) is 6.01. The molecule has 6 heteroatoms. The molecule has 0 saturated carbocycles. The lowest BCUT2D eigenvalue weighted by molar-refractivity contribution is -0.164. The number of unbranched alkanes of at least 4 members (excludes halogenated alkanes) is 16. The van der Waals surface area contributed by atoms with Crippen LogP contribution in [0.1, 0.15) is 173 Å². The highest BCUT2D eigenvalue weighted by molar-refractivity contribution is 7.99. The van der Waals surface area contributed by atoms with Crippen molar-refractivity contribution in [2.75, 3.05) is 19.0 Å². The number of carbonyl (C=O) groups excluding carboxylic acids is 1. The van der Waals surface area contributed by atoms with Gasteiger partial charge in [-0.25, -0.2) is 4.79 Å². The minimum atomic E-state index is -1.06. The lowest BCUT2D eigenvalue weighted by Crippen LogP contribution is -2.40. The summed E-state index contributed by atoms with van der Waals surface area (Å²) >= 11 is 1.84. The fourth-order valence-corrected chi connectivity index (χ4v) is 8.62. The highest BCUT2D eigenvalue weighted by Crippen LogP contribution is 2.30. The van der Waals surface area contributed by atoms with Crippen molar-refractivity contribution in [3.8, 4) is 0 Å². The second-order valence-corrected chi connectivity index (χ2v) is 18.0. The Balaban J connectivity index is 1.67. The molecule has 0 aliphatic carbocycles. The van der Waals surface area contributed by atoms with Crippen LogP contribution in [-0.2, 0) is 32.2 Å². The van der Waals surface area contributed by atoms with Crippen molar-refractivity contribution in [2.24, 2.45) is 0 Å². The quantitative estimate of drug-likeness (QED) is 0.0270. The molecule has 5 nitrogen and oxygen atoms in total. The summed E-state index contributed by atoms with van der Waals surface area (Å²) in [6.07, 6.45) is 28.8. The average molecular weight is 829 g/mol. The Labute approximate surface area is 364 Å². The minimum absolute atomic E-state index is 0.216. The van der Waals surface area contributed by atoms with Crippen molar-refractivity contribution in [3.63, 3.8) is 0 Å². The van der Waals surface area contributed by atoms with Gasteiger partial charge in [0.05, 0.1) is 32.0 Å². The number of thioether (sulfide) groups is 1. The van der Waals surface area contributed by atoms with Crippen LogP contribution in [0.4, 0.5) is 0 Å². The fourth-order valence-electron chi connectivity index (χ4n) is 7.74. The van der Waals surface area contributed by atoms with Crippen LogP contribution >= 0.6 is 11.8 Å². The van der Waals surface area contributed by atoms with Crippen molar-refractivity contribution in [1.82, 2.24) is 0 Å². The molecule has 0 unspecified atom stereocenters. The van der Waals surface area contributed by atoms with E-state index in [1.54, 1.807) is 12.2 Å². The van der Waals surface area contributed by atoms with Gasteiger partial charge >= 0.3 is 5.97 Å². The van der Waals surface area contributed by atoms with E-state index >= 15 is 0 Å². The van der Waals surface area contributed by atoms with Gasteiger partial charge in [-0.15, -0.1) is 11.8 Å². The van der Waals surface area contributed by atoms with Crippen molar-refractivity contribution in [1.29, 1.82) is 0 Å². The van der Waals surface area contributed by atoms with Gasteiger partial charge in [0.2, 0.25) is 0 Å². The zero-order valence-electron chi connectivity index (χ0n) is 37.1. The largest absolute Gasteiger partial charge is 0.453 e. The van der Waals surface area contributed by atoms with Crippen LogP contribution in [0.2, 0.25) is 0 Å². The Kier molecular flexibility index (Phi) is 28.1. The van der Waals surface area contributed by atoms with Crippen LogP contribution < -0.4 is 0 Å². The van der Waals surface area contributed by atoms with E-state index in [-0.39, 0.29) is 12.6 Å². The second kappa shape index (κ2) is 32.8. The van der Waals surface area contributed by atoms with Gasteiger partial charge in [0, 0.05) is 11.0 Å². The predicted octanol–water partition coefficient (Wildman–Crippen LogP) is 14.8. The number of hydrogen-bond donors (Lipinski definition) is 1. The molecule has 3 rings (SSSR count). The Bertz CT molecular complexity index is 1450. The minimum Gasteiger partial charge on any atom is -0.453 e. The van der Waals surface area contributed by atoms with Crippen molar-refractivity contribution >= 4 is 17.7 Å². The lowest BCUT2D eigenvalue weighted by Gasteiger charge is -2.33. The van der Waals surface area contributed by atoms with Crippen LogP contribution in [-0.4, -0.2) is 41.2 Å². The monoisotopic (exact) mass is 829 g/mol. The van der Waals surface area contributed by atoms with Crippen LogP contribution in [0.5, 0.6) is 0 Å². The zero-order chi connectivity index (χ0) is 42.0. The number of ether oxygens (including phenoxy) is 3. The SMILES string of the molecule is CCCCCCCCCCC[C@](O)(C/C=C/C(=O)O[C@](CCCCCCCCCCC)(CCCSc1ccccc1)COCc1ccccc1)COCc1ccccc1. The summed E-state index contributed by atoms with van der Waals surface area (Å²) in [5.41, 5.74) is 0.390. The molecule has 0 heterocycles. The molecule has 3 aromatic carbocycles. The van der Waals surface area contributed by atoms with Crippen LogP contribution in [0, 0.1) is 0 Å². The molecule has 0 amide bonds. The van der Waals surface area contributed by atoms with Crippen molar-refractivity contribution < 1.29 is 24.1 Å². The molecular weight excluding hydrogens is 749 g/mol. The molecule has 0 aliphatic rings. The summed E-state index contributed by atoms with van der Waals surface area (Å²) in [7, 11) is 0. The topological polar surface area (TPSA) is 65.0 Å². The van der Waals surface area contributed by atoms with Crippen molar-refractivity contribution in [3.05, 3.63) is 114 Å².